The number of nitrogens with one attached hydrogen (secondary N) is 2. The topological polar surface area (TPSA) is 106 Å². The van der Waals surface area contributed by atoms with Gasteiger partial charge in [-0.25, -0.2) is 13.4 Å². The molecule has 1 aromatic heterocycles. The van der Waals surface area contributed by atoms with Crippen LogP contribution >= 0.6 is 15.9 Å². The summed E-state index contributed by atoms with van der Waals surface area (Å²) in [6.07, 6.45) is 3.11. The Morgan fingerprint density at radius 1 is 1.14 bits per heavy atom. The molecule has 28 heavy (non-hydrogen) atoms. The highest BCUT2D eigenvalue weighted by Crippen LogP contribution is 2.24. The van der Waals surface area contributed by atoms with Crippen molar-refractivity contribution < 1.29 is 13.2 Å². The minimum absolute atomic E-state index is 0.101. The fourth-order valence-electron chi connectivity index (χ4n) is 2.48. The van der Waals surface area contributed by atoms with Crippen LogP contribution in [0.15, 0.2) is 64.5 Å². The van der Waals surface area contributed by atoms with Crippen LogP contribution in [0, 0.1) is 6.92 Å². The molecule has 3 aromatic rings. The molecule has 0 aliphatic rings. The second-order valence-corrected chi connectivity index (χ2v) is 8.62. The SMILES string of the molecule is Cc1ccc(NC(=O)CCn2cncn2)cc1S(=O)(=O)Nc1ccc(Br)cc1. The van der Waals surface area contributed by atoms with E-state index in [1.54, 1.807) is 48.0 Å². The molecule has 0 saturated heterocycles. The summed E-state index contributed by atoms with van der Waals surface area (Å²) in [5.74, 6) is -0.247. The number of carbonyl (C=O) groups excluding carboxylic acids is 1. The van der Waals surface area contributed by atoms with Gasteiger partial charge in [-0.3, -0.25) is 14.2 Å². The van der Waals surface area contributed by atoms with Crippen molar-refractivity contribution in [3.63, 3.8) is 0 Å². The standard InChI is InChI=1S/C18H18BrN5O3S/c1-13-2-5-16(22-18(25)8-9-24-12-20-11-21-24)10-17(13)28(26,27)23-15-6-3-14(19)4-7-15/h2-7,10-12,23H,8-9H2,1H3,(H,22,25). The molecule has 8 nitrogen and oxygen atoms in total. The lowest BCUT2D eigenvalue weighted by molar-refractivity contribution is -0.116. The van der Waals surface area contributed by atoms with E-state index >= 15 is 0 Å². The van der Waals surface area contributed by atoms with Crippen LogP contribution in [0.5, 0.6) is 0 Å². The van der Waals surface area contributed by atoms with Crippen molar-refractivity contribution in [1.82, 2.24) is 14.8 Å². The molecule has 0 unspecified atom stereocenters. The lowest BCUT2D eigenvalue weighted by Crippen LogP contribution is -2.17. The van der Waals surface area contributed by atoms with E-state index in [0.717, 1.165) is 4.47 Å². The van der Waals surface area contributed by atoms with Crippen LogP contribution in [-0.4, -0.2) is 29.1 Å². The Bertz CT molecular complexity index is 1070. The summed E-state index contributed by atoms with van der Waals surface area (Å²) in [7, 11) is -3.80. The molecule has 0 radical (unpaired) electrons. The number of hydrogen-bond acceptors (Lipinski definition) is 5. The third kappa shape index (κ3) is 5.17. The molecule has 0 fully saturated rings. The zero-order valence-electron chi connectivity index (χ0n) is 15.0. The summed E-state index contributed by atoms with van der Waals surface area (Å²) in [4.78, 5) is 16.1. The molecule has 0 spiro atoms. The maximum Gasteiger partial charge on any atom is 0.262 e. The van der Waals surface area contributed by atoms with Crippen LogP contribution < -0.4 is 10.0 Å². The van der Waals surface area contributed by atoms with Gasteiger partial charge in [-0.2, -0.15) is 5.10 Å². The maximum atomic E-state index is 12.8. The number of anilines is 2. The fourth-order valence-corrected chi connectivity index (χ4v) is 4.08. The quantitative estimate of drug-likeness (QED) is 0.559. The van der Waals surface area contributed by atoms with E-state index in [1.165, 1.54) is 18.7 Å². The molecule has 0 atom stereocenters. The molecule has 1 amide bonds. The number of nitrogens with zero attached hydrogens (tertiary/aromatic N) is 3. The molecule has 10 heteroatoms. The molecular formula is C18H18BrN5O3S. The summed E-state index contributed by atoms with van der Waals surface area (Å²) in [6, 6.07) is 11.6. The minimum Gasteiger partial charge on any atom is -0.326 e. The van der Waals surface area contributed by atoms with Gasteiger partial charge in [-0.05, 0) is 48.9 Å². The number of benzene rings is 2. The lowest BCUT2D eigenvalue weighted by Gasteiger charge is -2.13. The summed E-state index contributed by atoms with van der Waals surface area (Å²) >= 11 is 3.31. The third-order valence-electron chi connectivity index (χ3n) is 3.89. The summed E-state index contributed by atoms with van der Waals surface area (Å²) in [5.41, 5.74) is 1.43. The predicted molar refractivity (Wildman–Crippen MR) is 109 cm³/mol. The van der Waals surface area contributed by atoms with Gasteiger partial charge in [0.05, 0.1) is 11.4 Å². The normalized spacial score (nSPS) is 11.2. The first-order chi connectivity index (χ1) is 13.3. The Morgan fingerprint density at radius 3 is 2.54 bits per heavy atom. The van der Waals surface area contributed by atoms with Crippen molar-refractivity contribution >= 4 is 43.2 Å². The van der Waals surface area contributed by atoms with Crippen LogP contribution in [-0.2, 0) is 21.4 Å². The Balaban J connectivity index is 1.72. The van der Waals surface area contributed by atoms with Crippen molar-refractivity contribution in [2.75, 3.05) is 10.0 Å². The number of sulfonamides is 1. The summed E-state index contributed by atoms with van der Waals surface area (Å²) < 4.78 is 30.5. The monoisotopic (exact) mass is 463 g/mol. The van der Waals surface area contributed by atoms with Crippen molar-refractivity contribution in [3.05, 3.63) is 65.2 Å². The van der Waals surface area contributed by atoms with Crippen LogP contribution in [0.4, 0.5) is 11.4 Å². The Labute approximate surface area is 171 Å². The zero-order valence-corrected chi connectivity index (χ0v) is 17.4. The molecule has 2 aromatic carbocycles. The van der Waals surface area contributed by atoms with E-state index in [9.17, 15) is 13.2 Å². The van der Waals surface area contributed by atoms with Crippen molar-refractivity contribution in [2.45, 2.75) is 24.8 Å². The molecule has 0 aliphatic heterocycles. The van der Waals surface area contributed by atoms with Gasteiger partial charge in [0.2, 0.25) is 5.91 Å². The van der Waals surface area contributed by atoms with E-state index in [4.69, 9.17) is 0 Å². The third-order valence-corrected chi connectivity index (χ3v) is 5.94. The number of hydrogen-bond donors (Lipinski definition) is 2. The van der Waals surface area contributed by atoms with Gasteiger partial charge < -0.3 is 5.32 Å². The van der Waals surface area contributed by atoms with Crippen LogP contribution in [0.25, 0.3) is 0 Å². The molecule has 0 bridgehead atoms. The van der Waals surface area contributed by atoms with Gasteiger partial charge >= 0.3 is 0 Å². The second-order valence-electron chi connectivity index (χ2n) is 6.05. The van der Waals surface area contributed by atoms with E-state index in [1.807, 2.05) is 0 Å². The summed E-state index contributed by atoms with van der Waals surface area (Å²) in [6.45, 7) is 2.08. The first-order valence-electron chi connectivity index (χ1n) is 8.35. The van der Waals surface area contributed by atoms with E-state index in [0.29, 0.717) is 23.5 Å². The molecule has 0 aliphatic carbocycles. The van der Waals surface area contributed by atoms with E-state index in [-0.39, 0.29) is 17.2 Å². The Hall–Kier alpha value is -2.72. The van der Waals surface area contributed by atoms with Gasteiger partial charge in [-0.15, -0.1) is 0 Å². The van der Waals surface area contributed by atoms with Gasteiger partial charge in [-0.1, -0.05) is 22.0 Å². The average molecular weight is 464 g/mol. The van der Waals surface area contributed by atoms with Crippen molar-refractivity contribution in [1.29, 1.82) is 0 Å². The minimum atomic E-state index is -3.80. The molecular weight excluding hydrogens is 446 g/mol. The van der Waals surface area contributed by atoms with Gasteiger partial charge in [0.15, 0.2) is 0 Å². The first kappa shape index (κ1) is 20.0. The van der Waals surface area contributed by atoms with Crippen molar-refractivity contribution in [3.8, 4) is 0 Å². The number of halogens is 1. The van der Waals surface area contributed by atoms with Crippen LogP contribution in [0.2, 0.25) is 0 Å². The molecule has 1 heterocycles. The van der Waals surface area contributed by atoms with E-state index < -0.39 is 10.0 Å². The highest BCUT2D eigenvalue weighted by Gasteiger charge is 2.18. The number of aryl methyl sites for hydroxylation is 2. The smallest absolute Gasteiger partial charge is 0.262 e. The Morgan fingerprint density at radius 2 is 1.86 bits per heavy atom. The predicted octanol–water partition coefficient (Wildman–Crippen LogP) is 3.18. The molecule has 2 N–H and O–H groups in total. The van der Waals surface area contributed by atoms with Gasteiger partial charge in [0, 0.05) is 22.3 Å². The van der Waals surface area contributed by atoms with Gasteiger partial charge in [0.25, 0.3) is 10.0 Å². The highest BCUT2D eigenvalue weighted by atomic mass is 79.9. The van der Waals surface area contributed by atoms with Crippen LogP contribution in [0.3, 0.4) is 0 Å². The molecule has 0 saturated carbocycles. The fraction of sp³-hybridized carbons (Fsp3) is 0.167. The summed E-state index contributed by atoms with van der Waals surface area (Å²) in [5, 5.41) is 6.65. The lowest BCUT2D eigenvalue weighted by atomic mass is 10.2. The highest BCUT2D eigenvalue weighted by molar-refractivity contribution is 9.10. The second kappa shape index (κ2) is 8.53. The number of carbonyl (C=O) groups is 1. The van der Waals surface area contributed by atoms with E-state index in [2.05, 4.69) is 36.1 Å². The van der Waals surface area contributed by atoms with Gasteiger partial charge in [0.1, 0.15) is 12.7 Å². The zero-order chi connectivity index (χ0) is 20.1. The molecule has 146 valence electrons. The maximum absolute atomic E-state index is 12.8. The largest absolute Gasteiger partial charge is 0.326 e. The number of amides is 1. The first-order valence-corrected chi connectivity index (χ1v) is 10.6. The number of rotatable bonds is 7. The van der Waals surface area contributed by atoms with Crippen molar-refractivity contribution in [2.24, 2.45) is 0 Å². The Kier molecular flexibility index (Phi) is 6.10. The van der Waals surface area contributed by atoms with Crippen LogP contribution in [0.1, 0.15) is 12.0 Å². The number of aromatic nitrogens is 3. The molecule has 3 rings (SSSR count). The average Bonchev–Trinajstić information content (AvgIpc) is 3.17.